The lowest BCUT2D eigenvalue weighted by molar-refractivity contribution is -0.114. The molecule has 2 N–H and O–H groups in total. The average Bonchev–Trinajstić information content (AvgIpc) is 1.63. The molecule has 0 aromatic heterocycles. The van der Waals surface area contributed by atoms with Gasteiger partial charge in [-0.05, 0) is 0 Å². The first-order chi connectivity index (χ1) is 4.13. The van der Waals surface area contributed by atoms with E-state index in [1.807, 2.05) is 0 Å². The smallest absolute Gasteiger partial charge is 0.211 e. The summed E-state index contributed by atoms with van der Waals surface area (Å²) in [6.45, 7) is 0.0993. The predicted molar refractivity (Wildman–Crippen MR) is 41.6 cm³/mol. The Kier molecular flexibility index (Phi) is 4.65. The van der Waals surface area contributed by atoms with Gasteiger partial charge >= 0.3 is 0 Å². The van der Waals surface area contributed by atoms with Crippen LogP contribution in [0.2, 0.25) is 0 Å². The number of carbonyl (C=O) groups excluding carboxylic acids is 1. The molecule has 0 fully saturated rings. The first kappa shape index (κ1) is 8.87. The zero-order valence-corrected chi connectivity index (χ0v) is 6.37. The van der Waals surface area contributed by atoms with E-state index >= 15 is 0 Å². The third-order valence-corrected chi connectivity index (χ3v) is 0.717. The van der Waals surface area contributed by atoms with Crippen LogP contribution in [0.3, 0.4) is 0 Å². The number of rotatable bonds is 4. The highest BCUT2D eigenvalue weighted by Crippen LogP contribution is 1.80. The largest absolute Gasteiger partial charge is 0.391 e. The van der Waals surface area contributed by atoms with Crippen molar-refractivity contribution in [2.45, 2.75) is 0 Å². The van der Waals surface area contributed by atoms with Gasteiger partial charge in [0.2, 0.25) is 5.12 Å². The van der Waals surface area contributed by atoms with Gasteiger partial charge in [0, 0.05) is 0 Å². The molecule has 0 bridgehead atoms. The Morgan fingerprint density at radius 1 is 1.67 bits per heavy atom. The molecule has 0 aliphatic heterocycles. The second kappa shape index (κ2) is 4.72. The second-order valence-corrected chi connectivity index (χ2v) is 2.38. The Morgan fingerprint density at radius 3 is 2.56 bits per heavy atom. The molecule has 0 atom stereocenters. The summed E-state index contributed by atoms with van der Waals surface area (Å²) < 4.78 is 4.66. The number of thiol groups is 1. The second-order valence-electron chi connectivity index (χ2n) is 1.35. The highest BCUT2D eigenvalue weighted by Gasteiger charge is 1.93. The quantitative estimate of drug-likeness (QED) is 0.445. The summed E-state index contributed by atoms with van der Waals surface area (Å²) in [5, 5.41) is -0.328. The first-order valence-corrected chi connectivity index (χ1v) is 3.06. The molecule has 0 spiro atoms. The number of nitrogens with two attached hydrogens (primary N) is 1. The van der Waals surface area contributed by atoms with E-state index in [1.165, 1.54) is 0 Å². The fraction of sp³-hybridized carbons (Fsp3) is 0.500. The van der Waals surface area contributed by atoms with E-state index in [1.54, 1.807) is 0 Å². The van der Waals surface area contributed by atoms with Gasteiger partial charge in [0.05, 0.1) is 11.6 Å². The first-order valence-electron chi connectivity index (χ1n) is 2.20. The summed E-state index contributed by atoms with van der Waals surface area (Å²) in [7, 11) is 0. The van der Waals surface area contributed by atoms with Crippen LogP contribution >= 0.6 is 24.8 Å². The van der Waals surface area contributed by atoms with E-state index in [0.717, 1.165) is 0 Å². The maximum absolute atomic E-state index is 10.1. The summed E-state index contributed by atoms with van der Waals surface area (Å²) in [6, 6.07) is 0. The van der Waals surface area contributed by atoms with Crippen molar-refractivity contribution in [3.63, 3.8) is 0 Å². The minimum atomic E-state index is -0.328. The van der Waals surface area contributed by atoms with Gasteiger partial charge in [-0.2, -0.15) is 0 Å². The van der Waals surface area contributed by atoms with Gasteiger partial charge in [-0.1, -0.05) is 12.2 Å². The van der Waals surface area contributed by atoms with Crippen LogP contribution in [0.25, 0.3) is 0 Å². The van der Waals surface area contributed by atoms with E-state index in [4.69, 9.17) is 5.73 Å². The number of hydrogen-bond donors (Lipinski definition) is 2. The predicted octanol–water partition coefficient (Wildman–Crippen LogP) is -0.254. The average molecular weight is 165 g/mol. The molecule has 0 unspecified atom stereocenters. The van der Waals surface area contributed by atoms with Gasteiger partial charge in [0.15, 0.2) is 0 Å². The molecule has 0 saturated heterocycles. The molecule has 0 aliphatic carbocycles. The topological polar surface area (TPSA) is 52.3 Å². The Morgan fingerprint density at radius 2 is 2.22 bits per heavy atom. The number of carbonyl (C=O) groups is 1. The van der Waals surface area contributed by atoms with Gasteiger partial charge < -0.3 is 10.5 Å². The van der Waals surface area contributed by atoms with E-state index in [2.05, 4.69) is 29.6 Å². The summed E-state index contributed by atoms with van der Waals surface area (Å²) in [6.07, 6.45) is 0. The zero-order valence-electron chi connectivity index (χ0n) is 4.66. The third kappa shape index (κ3) is 7.87. The Balaban J connectivity index is 3.10. The van der Waals surface area contributed by atoms with Crippen LogP contribution in [0.15, 0.2) is 0 Å². The molecule has 0 rings (SSSR count). The van der Waals surface area contributed by atoms with Crippen LogP contribution in [-0.2, 0) is 9.53 Å². The minimum Gasteiger partial charge on any atom is -0.391 e. The monoisotopic (exact) mass is 165 g/mol. The van der Waals surface area contributed by atoms with Crippen molar-refractivity contribution in [3.05, 3.63) is 0 Å². The molecule has 9 heavy (non-hydrogen) atoms. The summed E-state index contributed by atoms with van der Waals surface area (Å²) in [5.41, 5.74) is 5.05. The van der Waals surface area contributed by atoms with Crippen LogP contribution in [0, 0.1) is 0 Å². The molecule has 0 saturated carbocycles. The number of hydrogen-bond acceptors (Lipinski definition) is 3. The summed E-state index contributed by atoms with van der Waals surface area (Å²) >= 11 is 7.92. The maximum Gasteiger partial charge on any atom is 0.211 e. The summed E-state index contributed by atoms with van der Waals surface area (Å²) in [5.74, 6) is 0. The molecule has 52 valence electrons. The Hall–Kier alpha value is -0.130. The molecule has 0 aliphatic rings. The van der Waals surface area contributed by atoms with Crippen LogP contribution in [0.4, 0.5) is 0 Å². The molecule has 3 nitrogen and oxygen atoms in total. The lowest BCUT2D eigenvalue weighted by Gasteiger charge is -1.96. The lowest BCUT2D eigenvalue weighted by Crippen LogP contribution is -2.17. The van der Waals surface area contributed by atoms with Crippen molar-refractivity contribution in [2.75, 3.05) is 13.2 Å². The van der Waals surface area contributed by atoms with Gasteiger partial charge in [-0.15, -0.1) is 12.6 Å². The highest BCUT2D eigenvalue weighted by molar-refractivity contribution is 7.96. The van der Waals surface area contributed by atoms with E-state index < -0.39 is 0 Å². The normalized spacial score (nSPS) is 9.00. The molecule has 0 radical (unpaired) electrons. The Labute approximate surface area is 64.0 Å². The zero-order chi connectivity index (χ0) is 7.28. The van der Waals surface area contributed by atoms with Crippen LogP contribution < -0.4 is 5.73 Å². The number of thiocarbonyl (C=S) groups is 1. The molecule has 0 amide bonds. The van der Waals surface area contributed by atoms with Gasteiger partial charge in [-0.3, -0.25) is 4.79 Å². The Bertz CT molecular complexity index is 112. The molecule has 0 aromatic rings. The lowest BCUT2D eigenvalue weighted by atomic mass is 10.7. The maximum atomic E-state index is 10.1. The fourth-order valence-electron chi connectivity index (χ4n) is 0.239. The highest BCUT2D eigenvalue weighted by atomic mass is 32.1. The van der Waals surface area contributed by atoms with Gasteiger partial charge in [-0.25, -0.2) is 0 Å². The standard InChI is InChI=1S/C4H7NO2S2/c5-3(8)1-7-2-4(6)9/h1-2H2,(H2,5,8)(H,6,9). The molecule has 0 heterocycles. The fourth-order valence-corrected chi connectivity index (χ4v) is 0.414. The van der Waals surface area contributed by atoms with E-state index in [9.17, 15) is 4.79 Å². The van der Waals surface area contributed by atoms with Crippen LogP contribution in [0.1, 0.15) is 0 Å². The third-order valence-electron chi connectivity index (χ3n) is 0.470. The molecule has 5 heteroatoms. The van der Waals surface area contributed by atoms with Crippen molar-refractivity contribution in [1.29, 1.82) is 0 Å². The van der Waals surface area contributed by atoms with Crippen molar-refractivity contribution < 1.29 is 9.53 Å². The van der Waals surface area contributed by atoms with Crippen molar-refractivity contribution in [2.24, 2.45) is 5.73 Å². The molecular weight excluding hydrogens is 158 g/mol. The van der Waals surface area contributed by atoms with Crippen molar-refractivity contribution in [3.8, 4) is 0 Å². The number of ether oxygens (including phenoxy) is 1. The van der Waals surface area contributed by atoms with Crippen molar-refractivity contribution >= 4 is 35.0 Å². The summed E-state index contributed by atoms with van der Waals surface area (Å²) in [4.78, 5) is 10.3. The van der Waals surface area contributed by atoms with Crippen LogP contribution in [-0.4, -0.2) is 23.3 Å². The molecular formula is C4H7NO2S2. The van der Waals surface area contributed by atoms with Gasteiger partial charge in [0.25, 0.3) is 0 Å². The van der Waals surface area contributed by atoms with Crippen molar-refractivity contribution in [1.82, 2.24) is 0 Å². The van der Waals surface area contributed by atoms with E-state index in [-0.39, 0.29) is 23.3 Å². The van der Waals surface area contributed by atoms with Crippen LogP contribution in [0.5, 0.6) is 0 Å². The molecule has 0 aromatic carbocycles. The minimum absolute atomic E-state index is 0.0412. The van der Waals surface area contributed by atoms with Gasteiger partial charge in [0.1, 0.15) is 6.61 Å². The SMILES string of the molecule is NC(=S)COCC(=O)S. The van der Waals surface area contributed by atoms with E-state index in [0.29, 0.717) is 0 Å².